The Morgan fingerprint density at radius 2 is 1.52 bits per heavy atom. The van der Waals surface area contributed by atoms with Crippen molar-refractivity contribution < 1.29 is 14.5 Å². The van der Waals surface area contributed by atoms with E-state index in [0.717, 1.165) is 0 Å². The van der Waals surface area contributed by atoms with Crippen LogP contribution in [0.5, 0.6) is 5.75 Å². The van der Waals surface area contributed by atoms with Crippen molar-refractivity contribution >= 4 is 23.0 Å². The summed E-state index contributed by atoms with van der Waals surface area (Å²) in [6.45, 7) is 5.60. The first kappa shape index (κ1) is 18.3. The molecule has 7 nitrogen and oxygen atoms in total. The molecular weight excluding hydrogens is 322 g/mol. The van der Waals surface area contributed by atoms with E-state index in [4.69, 9.17) is 4.74 Å². The minimum absolute atomic E-state index is 0.000113. The number of benzene rings is 2. The van der Waals surface area contributed by atoms with Crippen LogP contribution in [0.3, 0.4) is 0 Å². The molecule has 25 heavy (non-hydrogen) atoms. The molecule has 0 heterocycles. The number of nitro benzene ring substituents is 1. The van der Waals surface area contributed by atoms with Gasteiger partial charge in [-0.05, 0) is 56.7 Å². The summed E-state index contributed by atoms with van der Waals surface area (Å²) in [6, 6.07) is 12.4. The van der Waals surface area contributed by atoms with Crippen LogP contribution in [0.25, 0.3) is 0 Å². The number of nitrogens with zero attached hydrogens (tertiary/aromatic N) is 3. The topological polar surface area (TPSA) is 94.2 Å². The normalized spacial score (nSPS) is 11.5. The van der Waals surface area contributed by atoms with E-state index in [1.165, 1.54) is 24.3 Å². The molecule has 0 aliphatic rings. The van der Waals surface area contributed by atoms with Gasteiger partial charge in [0.1, 0.15) is 5.75 Å². The second-order valence-electron chi connectivity index (χ2n) is 6.09. The third-order valence-electron chi connectivity index (χ3n) is 3.83. The highest BCUT2D eigenvalue weighted by molar-refractivity contribution is 5.78. The van der Waals surface area contributed by atoms with E-state index in [-0.39, 0.29) is 11.7 Å². The van der Waals surface area contributed by atoms with E-state index < -0.39 is 10.3 Å². The van der Waals surface area contributed by atoms with Crippen molar-refractivity contribution in [3.63, 3.8) is 0 Å². The summed E-state index contributed by atoms with van der Waals surface area (Å²) >= 11 is 0. The van der Waals surface area contributed by atoms with Crippen molar-refractivity contribution in [2.75, 3.05) is 0 Å². The number of nitro groups is 1. The molecule has 0 fully saturated rings. The van der Waals surface area contributed by atoms with Crippen LogP contribution >= 0.6 is 0 Å². The smallest absolute Gasteiger partial charge is 0.316 e. The number of hydrogen-bond donors (Lipinski definition) is 0. The van der Waals surface area contributed by atoms with E-state index in [9.17, 15) is 14.9 Å². The summed E-state index contributed by atoms with van der Waals surface area (Å²) in [4.78, 5) is 22.1. The van der Waals surface area contributed by atoms with Gasteiger partial charge in [-0.2, -0.15) is 10.2 Å². The van der Waals surface area contributed by atoms with Gasteiger partial charge in [0.2, 0.25) is 0 Å². The zero-order valence-corrected chi connectivity index (χ0v) is 14.3. The summed E-state index contributed by atoms with van der Waals surface area (Å²) in [7, 11) is 0. The van der Waals surface area contributed by atoms with Crippen molar-refractivity contribution in [2.24, 2.45) is 15.6 Å². The van der Waals surface area contributed by atoms with Crippen molar-refractivity contribution in [2.45, 2.75) is 27.2 Å². The number of esters is 1. The molecule has 0 saturated carbocycles. The third-order valence-corrected chi connectivity index (χ3v) is 3.83. The Kier molecular flexibility index (Phi) is 5.59. The first-order chi connectivity index (χ1) is 11.8. The molecule has 0 unspecified atom stereocenters. The minimum Gasteiger partial charge on any atom is -0.426 e. The Balaban J connectivity index is 2.02. The predicted molar refractivity (Wildman–Crippen MR) is 93.4 cm³/mol. The Morgan fingerprint density at radius 1 is 1.04 bits per heavy atom. The van der Waals surface area contributed by atoms with Crippen LogP contribution in [0.15, 0.2) is 58.8 Å². The summed E-state index contributed by atoms with van der Waals surface area (Å²) in [5, 5.41) is 18.7. The molecule has 0 spiro atoms. The Labute approximate surface area is 145 Å². The quantitative estimate of drug-likeness (QED) is 0.232. The summed E-state index contributed by atoms with van der Waals surface area (Å²) < 4.78 is 5.35. The van der Waals surface area contributed by atoms with E-state index in [2.05, 4.69) is 10.2 Å². The number of hydrogen-bond acceptors (Lipinski definition) is 6. The monoisotopic (exact) mass is 341 g/mol. The predicted octanol–water partition coefficient (Wildman–Crippen LogP) is 5.35. The molecule has 2 aromatic carbocycles. The molecule has 0 aliphatic carbocycles. The molecule has 2 rings (SSSR count). The van der Waals surface area contributed by atoms with Gasteiger partial charge in [-0.15, -0.1) is 0 Å². The SMILES string of the molecule is CCC(C)(C)C(=O)Oc1ccc(N=Nc2ccc([N+](=O)[O-])cc2)cc1. The lowest BCUT2D eigenvalue weighted by atomic mass is 9.91. The molecular formula is C18H19N3O4. The lowest BCUT2D eigenvalue weighted by molar-refractivity contribution is -0.384. The van der Waals surface area contributed by atoms with Crippen LogP contribution in [0, 0.1) is 15.5 Å². The Morgan fingerprint density at radius 3 is 1.96 bits per heavy atom. The molecule has 7 heteroatoms. The maximum absolute atomic E-state index is 12.0. The van der Waals surface area contributed by atoms with Crippen LogP contribution < -0.4 is 4.74 Å². The fourth-order valence-corrected chi connectivity index (χ4v) is 1.73. The summed E-state index contributed by atoms with van der Waals surface area (Å²) in [5.41, 5.74) is 0.549. The zero-order chi connectivity index (χ0) is 18.4. The molecule has 0 amide bonds. The molecule has 0 atom stereocenters. The lowest BCUT2D eigenvalue weighted by Gasteiger charge is -2.19. The number of ether oxygens (including phenoxy) is 1. The maximum atomic E-state index is 12.0. The Hall–Kier alpha value is -3.09. The van der Waals surface area contributed by atoms with Crippen LogP contribution in [-0.4, -0.2) is 10.9 Å². The minimum atomic E-state index is -0.533. The number of carbonyl (C=O) groups is 1. The second kappa shape index (κ2) is 7.65. The molecule has 0 aliphatic heterocycles. The fraction of sp³-hybridized carbons (Fsp3) is 0.278. The van der Waals surface area contributed by atoms with Gasteiger partial charge in [-0.3, -0.25) is 14.9 Å². The molecule has 2 aromatic rings. The van der Waals surface area contributed by atoms with Crippen LogP contribution in [0.1, 0.15) is 27.2 Å². The molecule has 0 N–H and O–H groups in total. The van der Waals surface area contributed by atoms with Crippen molar-refractivity contribution in [1.29, 1.82) is 0 Å². The van der Waals surface area contributed by atoms with Gasteiger partial charge in [-0.25, -0.2) is 0 Å². The third kappa shape index (κ3) is 4.94. The van der Waals surface area contributed by atoms with Gasteiger partial charge in [0.05, 0.1) is 21.7 Å². The first-order valence-electron chi connectivity index (χ1n) is 7.80. The summed E-state index contributed by atoms with van der Waals surface area (Å²) in [6.07, 6.45) is 0.688. The molecule has 0 aromatic heterocycles. The number of carbonyl (C=O) groups excluding carboxylic acids is 1. The maximum Gasteiger partial charge on any atom is 0.316 e. The van der Waals surface area contributed by atoms with Gasteiger partial charge in [0.15, 0.2) is 0 Å². The van der Waals surface area contributed by atoms with Gasteiger partial charge < -0.3 is 4.74 Å². The van der Waals surface area contributed by atoms with Crippen molar-refractivity contribution in [3.05, 3.63) is 58.6 Å². The van der Waals surface area contributed by atoms with Gasteiger partial charge in [-0.1, -0.05) is 6.92 Å². The largest absolute Gasteiger partial charge is 0.426 e. The molecule has 0 saturated heterocycles. The number of rotatable bonds is 6. The molecule has 130 valence electrons. The standard InChI is InChI=1S/C18H19N3O4/c1-4-18(2,3)17(22)25-16-11-7-14(8-12-16)20-19-13-5-9-15(10-6-13)21(23)24/h5-12H,4H2,1-3H3. The zero-order valence-electron chi connectivity index (χ0n) is 14.3. The van der Waals surface area contributed by atoms with Crippen molar-refractivity contribution in [3.8, 4) is 5.75 Å². The second-order valence-corrected chi connectivity index (χ2v) is 6.09. The highest BCUT2D eigenvalue weighted by Crippen LogP contribution is 2.26. The highest BCUT2D eigenvalue weighted by atomic mass is 16.6. The van der Waals surface area contributed by atoms with Gasteiger partial charge in [0, 0.05) is 12.1 Å². The van der Waals surface area contributed by atoms with Gasteiger partial charge >= 0.3 is 5.97 Å². The van der Waals surface area contributed by atoms with Gasteiger partial charge in [0.25, 0.3) is 5.69 Å². The lowest BCUT2D eigenvalue weighted by Crippen LogP contribution is -2.28. The van der Waals surface area contributed by atoms with E-state index in [0.29, 0.717) is 23.5 Å². The van der Waals surface area contributed by atoms with Crippen LogP contribution in [0.4, 0.5) is 17.1 Å². The van der Waals surface area contributed by atoms with E-state index >= 15 is 0 Å². The number of non-ortho nitro benzene ring substituents is 1. The average Bonchev–Trinajstić information content (AvgIpc) is 2.61. The number of azo groups is 1. The fourth-order valence-electron chi connectivity index (χ4n) is 1.73. The van der Waals surface area contributed by atoms with Crippen LogP contribution in [0.2, 0.25) is 0 Å². The highest BCUT2D eigenvalue weighted by Gasteiger charge is 2.27. The van der Waals surface area contributed by atoms with E-state index in [1.54, 1.807) is 24.3 Å². The van der Waals surface area contributed by atoms with Crippen molar-refractivity contribution in [1.82, 2.24) is 0 Å². The van der Waals surface area contributed by atoms with Crippen LogP contribution in [-0.2, 0) is 4.79 Å². The average molecular weight is 341 g/mol. The molecule has 0 radical (unpaired) electrons. The molecule has 0 bridgehead atoms. The first-order valence-corrected chi connectivity index (χ1v) is 7.80. The Bertz CT molecular complexity index is 781. The summed E-state index contributed by atoms with van der Waals surface area (Å²) in [5.74, 6) is 0.163. The van der Waals surface area contributed by atoms with E-state index in [1.807, 2.05) is 20.8 Å².